The van der Waals surface area contributed by atoms with Crippen LogP contribution in [0, 0.1) is 5.92 Å². The highest BCUT2D eigenvalue weighted by atomic mass is 32.2. The maximum Gasteiger partial charge on any atom is 0.303 e. The molecule has 4 aromatic carbocycles. The molecule has 9 heteroatoms. The van der Waals surface area contributed by atoms with Crippen LogP contribution in [0.15, 0.2) is 102 Å². The van der Waals surface area contributed by atoms with Crippen LogP contribution < -0.4 is 10.1 Å². The number of amides is 1. The molecule has 1 fully saturated rings. The van der Waals surface area contributed by atoms with Gasteiger partial charge in [0.05, 0.1) is 25.9 Å². The Hall–Kier alpha value is -4.15. The molecule has 246 valence electrons. The Bertz CT molecular complexity index is 1630. The summed E-state index contributed by atoms with van der Waals surface area (Å²) in [7, 11) is 1.68. The minimum absolute atomic E-state index is 0.0140. The van der Waals surface area contributed by atoms with Crippen LogP contribution in [-0.2, 0) is 32.2 Å². The Morgan fingerprint density at radius 1 is 0.872 bits per heavy atom. The highest BCUT2D eigenvalue weighted by Crippen LogP contribution is 2.44. The molecule has 4 aromatic rings. The lowest BCUT2D eigenvalue weighted by Crippen LogP contribution is -2.38. The molecule has 0 aliphatic carbocycles. The number of aliphatic hydroxyl groups excluding tert-OH is 1. The number of hydrogen-bond donors (Lipinski definition) is 3. The van der Waals surface area contributed by atoms with Gasteiger partial charge in [-0.3, -0.25) is 9.59 Å². The van der Waals surface area contributed by atoms with Crippen molar-refractivity contribution in [1.29, 1.82) is 0 Å². The standard InChI is InChI=1S/C38H41NO7S/c1-25-33(24-47-34-11-6-5-10-32(34)44-2)45-38(46-37(25)28-16-14-26(23-40)15-17-28)29-20-18-27(19-21-29)31-9-4-3-8-30(31)22-39-35(41)12-7-13-36(42)43/h3-6,8-11,14-21,25,33,37-38,40H,7,12-13,22-24H2,1-2H3,(H,39,41)(H,42,43)/t25-,33+,37+,38+/m0/s1. The summed E-state index contributed by atoms with van der Waals surface area (Å²) in [6, 6.07) is 31.9. The van der Waals surface area contributed by atoms with Gasteiger partial charge in [-0.25, -0.2) is 0 Å². The molecule has 3 N–H and O–H groups in total. The Kier molecular flexibility index (Phi) is 12.1. The molecule has 47 heavy (non-hydrogen) atoms. The number of hydrogen-bond acceptors (Lipinski definition) is 7. The van der Waals surface area contributed by atoms with Crippen LogP contribution in [-0.4, -0.2) is 41.1 Å². The summed E-state index contributed by atoms with van der Waals surface area (Å²) in [5, 5.41) is 21.3. The predicted octanol–water partition coefficient (Wildman–Crippen LogP) is 7.31. The first-order chi connectivity index (χ1) is 22.9. The van der Waals surface area contributed by atoms with E-state index in [4.69, 9.17) is 19.3 Å². The van der Waals surface area contributed by atoms with Gasteiger partial charge in [0.1, 0.15) is 5.75 Å². The number of carbonyl (C=O) groups excluding carboxylic acids is 1. The normalized spacial score (nSPS) is 19.2. The van der Waals surface area contributed by atoms with Crippen molar-refractivity contribution in [2.75, 3.05) is 12.9 Å². The van der Waals surface area contributed by atoms with E-state index < -0.39 is 12.3 Å². The number of thioether (sulfide) groups is 1. The molecular weight excluding hydrogens is 614 g/mol. The number of aliphatic hydroxyl groups is 1. The number of aliphatic carboxylic acids is 1. The third-order valence-electron chi connectivity index (χ3n) is 8.38. The molecule has 4 atom stereocenters. The number of para-hydroxylation sites is 1. The van der Waals surface area contributed by atoms with Crippen molar-refractivity contribution in [1.82, 2.24) is 5.32 Å². The molecule has 0 unspecified atom stereocenters. The van der Waals surface area contributed by atoms with Gasteiger partial charge < -0.3 is 29.7 Å². The average molecular weight is 656 g/mol. The van der Waals surface area contributed by atoms with Gasteiger partial charge >= 0.3 is 5.97 Å². The van der Waals surface area contributed by atoms with Crippen LogP contribution in [0.25, 0.3) is 11.1 Å². The van der Waals surface area contributed by atoms with E-state index in [1.807, 2.05) is 91.0 Å². The van der Waals surface area contributed by atoms with Crippen molar-refractivity contribution in [2.24, 2.45) is 5.92 Å². The van der Waals surface area contributed by atoms with Crippen LogP contribution in [0.4, 0.5) is 0 Å². The summed E-state index contributed by atoms with van der Waals surface area (Å²) < 4.78 is 18.9. The molecule has 1 saturated heterocycles. The van der Waals surface area contributed by atoms with Crippen LogP contribution in [0.5, 0.6) is 5.75 Å². The molecule has 0 aromatic heterocycles. The third-order valence-corrected chi connectivity index (χ3v) is 9.52. The topological polar surface area (TPSA) is 114 Å². The van der Waals surface area contributed by atoms with Gasteiger partial charge in [-0.1, -0.05) is 91.9 Å². The maximum atomic E-state index is 12.3. The van der Waals surface area contributed by atoms with Gasteiger partial charge in [0.25, 0.3) is 0 Å². The number of benzene rings is 4. The highest BCUT2D eigenvalue weighted by Gasteiger charge is 2.38. The van der Waals surface area contributed by atoms with Crippen molar-refractivity contribution in [3.63, 3.8) is 0 Å². The van der Waals surface area contributed by atoms with E-state index in [0.717, 1.165) is 44.0 Å². The number of nitrogens with one attached hydrogen (secondary N) is 1. The lowest BCUT2D eigenvalue weighted by atomic mass is 9.91. The van der Waals surface area contributed by atoms with Crippen LogP contribution in [0.1, 0.15) is 60.8 Å². The van der Waals surface area contributed by atoms with Gasteiger partial charge in [0.15, 0.2) is 6.29 Å². The first-order valence-corrected chi connectivity index (χ1v) is 16.8. The van der Waals surface area contributed by atoms with Gasteiger partial charge in [-0.15, -0.1) is 11.8 Å². The summed E-state index contributed by atoms with van der Waals surface area (Å²) in [5.74, 6) is 0.522. The smallest absolute Gasteiger partial charge is 0.303 e. The molecule has 0 saturated carbocycles. The van der Waals surface area contributed by atoms with Crippen LogP contribution in [0.3, 0.4) is 0 Å². The van der Waals surface area contributed by atoms with Crippen LogP contribution >= 0.6 is 11.8 Å². The Balaban J connectivity index is 1.33. The lowest BCUT2D eigenvalue weighted by molar-refractivity contribution is -0.268. The molecule has 0 radical (unpaired) electrons. The van der Waals surface area contributed by atoms with E-state index in [-0.39, 0.29) is 43.5 Å². The number of carboxylic acids is 1. The SMILES string of the molecule is COc1ccccc1SC[C@H]1O[C@@H](c2ccc(-c3ccccc3CNC(=O)CCCC(=O)O)cc2)O[C@@H](c2ccc(CO)cc2)[C@H]1C. The van der Waals surface area contributed by atoms with E-state index in [1.165, 1.54) is 0 Å². The Morgan fingerprint density at radius 2 is 1.57 bits per heavy atom. The Labute approximate surface area is 280 Å². The van der Waals surface area contributed by atoms with E-state index in [1.54, 1.807) is 18.9 Å². The maximum absolute atomic E-state index is 12.3. The summed E-state index contributed by atoms with van der Waals surface area (Å²) in [6.07, 6.45) is -0.472. The van der Waals surface area contributed by atoms with Gasteiger partial charge in [-0.05, 0) is 46.4 Å². The van der Waals surface area contributed by atoms with E-state index in [9.17, 15) is 14.7 Å². The molecule has 0 bridgehead atoms. The first kappa shape index (κ1) is 34.2. The molecule has 1 aliphatic heterocycles. The van der Waals surface area contributed by atoms with Crippen molar-refractivity contribution in [3.05, 3.63) is 119 Å². The largest absolute Gasteiger partial charge is 0.496 e. The molecule has 8 nitrogen and oxygen atoms in total. The lowest BCUT2D eigenvalue weighted by Gasteiger charge is -2.41. The van der Waals surface area contributed by atoms with Crippen molar-refractivity contribution >= 4 is 23.6 Å². The van der Waals surface area contributed by atoms with Gasteiger partial charge in [0, 0.05) is 41.5 Å². The molecular formula is C38H41NO7S. The molecule has 1 aliphatic rings. The van der Waals surface area contributed by atoms with Crippen molar-refractivity contribution < 1.29 is 34.0 Å². The fraction of sp³-hybridized carbons (Fsp3) is 0.316. The predicted molar refractivity (Wildman–Crippen MR) is 182 cm³/mol. The fourth-order valence-electron chi connectivity index (χ4n) is 5.68. The third kappa shape index (κ3) is 9.02. The molecule has 1 amide bonds. The second kappa shape index (κ2) is 16.6. The molecule has 0 spiro atoms. The molecule has 1 heterocycles. The zero-order chi connectivity index (χ0) is 33.2. The summed E-state index contributed by atoms with van der Waals surface area (Å²) >= 11 is 1.70. The Morgan fingerprint density at radius 3 is 2.30 bits per heavy atom. The van der Waals surface area contributed by atoms with E-state index in [2.05, 4.69) is 18.3 Å². The summed E-state index contributed by atoms with van der Waals surface area (Å²) in [6.45, 7) is 2.48. The zero-order valence-corrected chi connectivity index (χ0v) is 27.5. The van der Waals surface area contributed by atoms with E-state index in [0.29, 0.717) is 18.7 Å². The summed E-state index contributed by atoms with van der Waals surface area (Å²) in [5.41, 5.74) is 5.73. The van der Waals surface area contributed by atoms with Gasteiger partial charge in [-0.2, -0.15) is 0 Å². The number of ether oxygens (including phenoxy) is 3. The van der Waals surface area contributed by atoms with E-state index >= 15 is 0 Å². The number of carboxylic acid groups (broad SMARTS) is 1. The monoisotopic (exact) mass is 655 g/mol. The highest BCUT2D eigenvalue weighted by molar-refractivity contribution is 7.99. The zero-order valence-electron chi connectivity index (χ0n) is 26.6. The minimum atomic E-state index is -0.903. The van der Waals surface area contributed by atoms with Crippen LogP contribution in [0.2, 0.25) is 0 Å². The van der Waals surface area contributed by atoms with Crippen molar-refractivity contribution in [3.8, 4) is 16.9 Å². The second-order valence-electron chi connectivity index (χ2n) is 11.6. The number of methoxy groups -OCH3 is 1. The second-order valence-corrected chi connectivity index (χ2v) is 12.6. The first-order valence-electron chi connectivity index (χ1n) is 15.8. The minimum Gasteiger partial charge on any atom is -0.496 e. The summed E-state index contributed by atoms with van der Waals surface area (Å²) in [4.78, 5) is 24.1. The quantitative estimate of drug-likeness (QED) is 0.121. The number of carbonyl (C=O) groups is 2. The number of rotatable bonds is 14. The molecule has 5 rings (SSSR count). The average Bonchev–Trinajstić information content (AvgIpc) is 3.10. The van der Waals surface area contributed by atoms with Crippen molar-refractivity contribution in [2.45, 2.75) is 62.7 Å². The fourth-order valence-corrected chi connectivity index (χ4v) is 6.87. The van der Waals surface area contributed by atoms with Gasteiger partial charge in [0.2, 0.25) is 5.91 Å².